The summed E-state index contributed by atoms with van der Waals surface area (Å²) >= 11 is 12.8. The molecule has 1 aromatic heterocycles. The van der Waals surface area contributed by atoms with Crippen molar-refractivity contribution in [2.24, 2.45) is 0 Å². The van der Waals surface area contributed by atoms with Crippen LogP contribution in [-0.4, -0.2) is 79.1 Å². The first-order chi connectivity index (χ1) is 23.1. The number of halogens is 5. The molecule has 2 aliphatic rings. The summed E-state index contributed by atoms with van der Waals surface area (Å²) in [5, 5.41) is 12.8. The lowest BCUT2D eigenvalue weighted by molar-refractivity contribution is -0.274. The summed E-state index contributed by atoms with van der Waals surface area (Å²) in [7, 11) is 0. The first-order valence-electron chi connectivity index (χ1n) is 16.4. The molecule has 4 aromatic rings. The molecule has 0 aliphatic carbocycles. The van der Waals surface area contributed by atoms with Crippen molar-refractivity contribution in [3.8, 4) is 16.9 Å². The van der Waals surface area contributed by atoms with E-state index in [1.807, 2.05) is 18.2 Å². The van der Waals surface area contributed by atoms with Crippen LogP contribution in [-0.2, 0) is 19.6 Å². The van der Waals surface area contributed by atoms with Crippen LogP contribution in [0.1, 0.15) is 17.5 Å². The number of ether oxygens (including phenoxy) is 1. The first-order valence-corrected chi connectivity index (χ1v) is 17.1. The molecule has 0 bridgehead atoms. The summed E-state index contributed by atoms with van der Waals surface area (Å²) < 4.78 is 44.8. The Hall–Kier alpha value is -3.25. The second kappa shape index (κ2) is 15.5. The Morgan fingerprint density at radius 2 is 1.65 bits per heavy atom. The Bertz CT molecular complexity index is 1680. The van der Waals surface area contributed by atoms with Gasteiger partial charge in [-0.25, -0.2) is 0 Å². The molecule has 0 amide bonds. The fourth-order valence-electron chi connectivity index (χ4n) is 6.49. The predicted octanol–water partition coefficient (Wildman–Crippen LogP) is 6.89. The highest BCUT2D eigenvalue weighted by Crippen LogP contribution is 2.34. The SMILES string of the molecule is C=C(NCCCn1cc(-c2ccc(OC(F)(F)F)cc2)c2cc(CN3CCN(Cc4c(Cl)cccc4Cl)CC3)ccc21)C1CNCCN1. The molecular formula is C36H41Cl2F3N6O. The molecule has 48 heavy (non-hydrogen) atoms. The summed E-state index contributed by atoms with van der Waals surface area (Å²) in [6.07, 6.45) is -1.75. The van der Waals surface area contributed by atoms with Gasteiger partial charge in [0.15, 0.2) is 0 Å². The highest BCUT2D eigenvalue weighted by atomic mass is 35.5. The molecule has 0 spiro atoms. The largest absolute Gasteiger partial charge is 0.573 e. The predicted molar refractivity (Wildman–Crippen MR) is 187 cm³/mol. The zero-order valence-corrected chi connectivity index (χ0v) is 28.3. The van der Waals surface area contributed by atoms with Gasteiger partial charge in [0.2, 0.25) is 0 Å². The third-order valence-electron chi connectivity index (χ3n) is 9.05. The Morgan fingerprint density at radius 1 is 0.938 bits per heavy atom. The van der Waals surface area contributed by atoms with E-state index in [-0.39, 0.29) is 11.8 Å². The van der Waals surface area contributed by atoms with Crippen molar-refractivity contribution >= 4 is 34.1 Å². The van der Waals surface area contributed by atoms with Crippen LogP contribution in [0.3, 0.4) is 0 Å². The van der Waals surface area contributed by atoms with Gasteiger partial charge in [0.1, 0.15) is 5.75 Å². The van der Waals surface area contributed by atoms with Gasteiger partial charge in [0, 0.05) is 116 Å². The number of alkyl halides is 3. The quantitative estimate of drug-likeness (QED) is 0.140. The van der Waals surface area contributed by atoms with Gasteiger partial charge in [0.25, 0.3) is 0 Å². The summed E-state index contributed by atoms with van der Waals surface area (Å²) in [5.41, 5.74) is 6.03. The summed E-state index contributed by atoms with van der Waals surface area (Å²) in [6, 6.07) is 18.5. The molecule has 2 fully saturated rings. The second-order valence-corrected chi connectivity index (χ2v) is 13.2. The van der Waals surface area contributed by atoms with Crippen molar-refractivity contribution in [1.29, 1.82) is 0 Å². The van der Waals surface area contributed by atoms with Gasteiger partial charge in [-0.1, -0.05) is 54.0 Å². The van der Waals surface area contributed by atoms with Crippen LogP contribution in [0.25, 0.3) is 22.0 Å². The van der Waals surface area contributed by atoms with E-state index in [1.54, 1.807) is 12.1 Å². The standard InChI is InChI=1S/C36H41Cl2F3N6O/c1-25(34-21-42-13-14-44-34)43-12-3-15-47-24-30(27-7-9-28(10-8-27)48-36(39,40)41)29-20-26(6-11-35(29)47)22-45-16-18-46(19-17-45)23-31-32(37)4-2-5-33(31)38/h2,4-11,20,24,34,42-44H,1,3,12-19,21-23H2. The number of piperazine rings is 2. The van der Waals surface area contributed by atoms with Crippen LogP contribution in [0, 0.1) is 0 Å². The van der Waals surface area contributed by atoms with E-state index in [9.17, 15) is 13.2 Å². The van der Waals surface area contributed by atoms with Crippen molar-refractivity contribution in [2.75, 3.05) is 52.4 Å². The van der Waals surface area contributed by atoms with E-state index in [2.05, 4.69) is 66.0 Å². The molecule has 3 aromatic carbocycles. The zero-order chi connectivity index (χ0) is 33.7. The number of benzene rings is 3. The molecule has 0 saturated carbocycles. The number of nitrogens with zero attached hydrogens (tertiary/aromatic N) is 3. The molecule has 1 atom stereocenters. The summed E-state index contributed by atoms with van der Waals surface area (Å²) in [6.45, 7) is 13.7. The lowest BCUT2D eigenvalue weighted by Crippen LogP contribution is -2.51. The number of aromatic nitrogens is 1. The topological polar surface area (TPSA) is 56.7 Å². The maximum Gasteiger partial charge on any atom is 0.573 e. The fraction of sp³-hybridized carbons (Fsp3) is 0.389. The summed E-state index contributed by atoms with van der Waals surface area (Å²) in [5.74, 6) is -0.236. The van der Waals surface area contributed by atoms with Gasteiger partial charge in [-0.05, 0) is 53.9 Å². The number of hydrogen-bond acceptors (Lipinski definition) is 6. The molecule has 3 N–H and O–H groups in total. The molecule has 6 rings (SSSR count). The molecule has 12 heteroatoms. The van der Waals surface area contributed by atoms with Gasteiger partial charge >= 0.3 is 6.36 Å². The molecule has 3 heterocycles. The maximum atomic E-state index is 12.8. The van der Waals surface area contributed by atoms with Crippen molar-refractivity contribution in [3.05, 3.63) is 100 Å². The fourth-order valence-corrected chi connectivity index (χ4v) is 7.00. The molecule has 1 unspecified atom stereocenters. The Labute approximate surface area is 289 Å². The molecule has 7 nitrogen and oxygen atoms in total. The molecule has 2 saturated heterocycles. The van der Waals surface area contributed by atoms with Crippen molar-refractivity contribution in [3.63, 3.8) is 0 Å². The van der Waals surface area contributed by atoms with E-state index in [4.69, 9.17) is 23.2 Å². The smallest absolute Gasteiger partial charge is 0.406 e. The van der Waals surface area contributed by atoms with Crippen LogP contribution in [0.5, 0.6) is 5.75 Å². The van der Waals surface area contributed by atoms with E-state index < -0.39 is 6.36 Å². The van der Waals surface area contributed by atoms with Gasteiger partial charge in [-0.3, -0.25) is 9.80 Å². The highest BCUT2D eigenvalue weighted by Gasteiger charge is 2.31. The maximum absolute atomic E-state index is 12.8. The van der Waals surface area contributed by atoms with Gasteiger partial charge in [-0.15, -0.1) is 13.2 Å². The van der Waals surface area contributed by atoms with Gasteiger partial charge < -0.3 is 25.3 Å². The lowest BCUT2D eigenvalue weighted by Gasteiger charge is -2.35. The minimum atomic E-state index is -4.73. The van der Waals surface area contributed by atoms with E-state index >= 15 is 0 Å². The summed E-state index contributed by atoms with van der Waals surface area (Å²) in [4.78, 5) is 4.82. The molecule has 2 aliphatic heterocycles. The third-order valence-corrected chi connectivity index (χ3v) is 9.76. The Kier molecular flexibility index (Phi) is 11.2. The van der Waals surface area contributed by atoms with Gasteiger partial charge in [-0.2, -0.15) is 0 Å². The monoisotopic (exact) mass is 700 g/mol. The van der Waals surface area contributed by atoms with Gasteiger partial charge in [0.05, 0.1) is 6.04 Å². The average Bonchev–Trinajstić information content (AvgIpc) is 3.43. The van der Waals surface area contributed by atoms with Crippen LogP contribution in [0.2, 0.25) is 10.0 Å². The normalized spacial score (nSPS) is 17.9. The molecule has 256 valence electrons. The highest BCUT2D eigenvalue weighted by molar-refractivity contribution is 6.35. The average molecular weight is 702 g/mol. The number of nitrogens with one attached hydrogen (secondary N) is 3. The number of hydrogen-bond donors (Lipinski definition) is 3. The van der Waals surface area contributed by atoms with E-state index in [0.29, 0.717) is 10.0 Å². The number of fused-ring (bicyclic) bond motifs is 1. The molecular weight excluding hydrogens is 660 g/mol. The van der Waals surface area contributed by atoms with Crippen LogP contribution in [0.15, 0.2) is 79.1 Å². The Morgan fingerprint density at radius 3 is 2.31 bits per heavy atom. The third kappa shape index (κ3) is 8.85. The van der Waals surface area contributed by atoms with Crippen LogP contribution >= 0.6 is 23.2 Å². The number of rotatable bonds is 12. The van der Waals surface area contributed by atoms with Crippen molar-refractivity contribution < 1.29 is 17.9 Å². The van der Waals surface area contributed by atoms with E-state index in [1.165, 1.54) is 17.7 Å². The Balaban J connectivity index is 1.15. The van der Waals surface area contributed by atoms with Crippen molar-refractivity contribution in [1.82, 2.24) is 30.3 Å². The zero-order valence-electron chi connectivity index (χ0n) is 26.8. The van der Waals surface area contributed by atoms with Crippen LogP contribution < -0.4 is 20.7 Å². The first kappa shape index (κ1) is 34.6. The minimum absolute atomic E-state index is 0.212. The van der Waals surface area contributed by atoms with Crippen LogP contribution in [0.4, 0.5) is 13.2 Å². The lowest BCUT2D eigenvalue weighted by atomic mass is 10.0. The minimum Gasteiger partial charge on any atom is -0.406 e. The molecule has 0 radical (unpaired) electrons. The number of aryl methyl sites for hydroxylation is 1. The second-order valence-electron chi connectivity index (χ2n) is 12.4. The van der Waals surface area contributed by atoms with E-state index in [0.717, 1.165) is 112 Å². The van der Waals surface area contributed by atoms with Crippen molar-refractivity contribution in [2.45, 2.75) is 38.5 Å².